The first kappa shape index (κ1) is 13.5. The summed E-state index contributed by atoms with van der Waals surface area (Å²) in [5.74, 6) is 0. The van der Waals surface area contributed by atoms with E-state index in [1.54, 1.807) is 48.5 Å². The molecule has 0 atom stereocenters. The summed E-state index contributed by atoms with van der Waals surface area (Å²) in [5, 5.41) is 2.58. The quantitative estimate of drug-likeness (QED) is 0.196. The van der Waals surface area contributed by atoms with E-state index in [4.69, 9.17) is 22.2 Å². The third-order valence-electron chi connectivity index (χ3n) is 7.83. The monoisotopic (exact) mass is 561 g/mol. The summed E-state index contributed by atoms with van der Waals surface area (Å²) in [7, 11) is 0. The Hall–Kier alpha value is -5.66. The van der Waals surface area contributed by atoms with Crippen LogP contribution in [0.3, 0.4) is 0 Å². The Bertz CT molecular complexity index is 3270. The molecule has 0 saturated heterocycles. The molecular formula is C42H26O. The Morgan fingerprint density at radius 1 is 0.419 bits per heavy atom. The second kappa shape index (κ2) is 9.44. The molecule has 0 amide bonds. The van der Waals surface area contributed by atoms with E-state index < -0.39 is 84.6 Å². The molecule has 1 aromatic heterocycles. The van der Waals surface area contributed by atoms with Gasteiger partial charge in [0.05, 0.1) is 20.6 Å². The van der Waals surface area contributed by atoms with Crippen LogP contribution in [0, 0.1) is 0 Å². The SMILES string of the molecule is [2H]c1c([2H])c([2H])c(-c2c([2H])c([2H])c([2H])c([2H])c2-c2c3ccccc3c(-c3cccc4oc5c6c([2H])c([2H])c([2H])c([2H])c6c([2H])c([2H])c5c34)c3ccccc23)c([2H])c1[2H]. The first-order valence-electron chi connectivity index (χ1n) is 21.1. The van der Waals surface area contributed by atoms with E-state index >= 15 is 0 Å². The molecule has 0 radical (unpaired) electrons. The van der Waals surface area contributed by atoms with Crippen molar-refractivity contribution in [2.75, 3.05) is 0 Å². The summed E-state index contributed by atoms with van der Waals surface area (Å²) in [6.45, 7) is 0. The fraction of sp³-hybridized carbons (Fsp3) is 0. The van der Waals surface area contributed by atoms with E-state index in [1.807, 2.05) is 18.2 Å². The summed E-state index contributed by atoms with van der Waals surface area (Å²) in [4.78, 5) is 0. The van der Waals surface area contributed by atoms with Gasteiger partial charge in [0.25, 0.3) is 0 Å². The van der Waals surface area contributed by atoms with Crippen LogP contribution in [0.5, 0.6) is 0 Å². The summed E-state index contributed by atoms with van der Waals surface area (Å²) >= 11 is 0. The Morgan fingerprint density at radius 2 is 1.02 bits per heavy atom. The van der Waals surface area contributed by atoms with E-state index in [9.17, 15) is 2.74 Å². The molecule has 8 aromatic carbocycles. The first-order valence-corrected chi connectivity index (χ1v) is 13.6. The number of hydrogen-bond donors (Lipinski definition) is 0. The van der Waals surface area contributed by atoms with Crippen molar-refractivity contribution in [3.05, 3.63) is 157 Å². The van der Waals surface area contributed by atoms with E-state index in [0.717, 1.165) is 0 Å². The van der Waals surface area contributed by atoms with Crippen LogP contribution in [0.15, 0.2) is 162 Å². The fourth-order valence-corrected chi connectivity index (χ4v) is 6.10. The van der Waals surface area contributed by atoms with Crippen molar-refractivity contribution in [3.8, 4) is 33.4 Å². The van der Waals surface area contributed by atoms with Crippen molar-refractivity contribution < 1.29 is 25.0 Å². The average molecular weight is 562 g/mol. The third kappa shape index (κ3) is 3.58. The average Bonchev–Trinajstić information content (AvgIpc) is 3.62. The molecule has 9 rings (SSSR count). The number of fused-ring (bicyclic) bond motifs is 7. The van der Waals surface area contributed by atoms with Crippen molar-refractivity contribution in [2.45, 2.75) is 0 Å². The molecule has 1 nitrogen and oxygen atoms in total. The largest absolute Gasteiger partial charge is 0.455 e. The van der Waals surface area contributed by atoms with E-state index in [-0.39, 0.29) is 50.1 Å². The normalized spacial score (nSPS) is 16.6. The van der Waals surface area contributed by atoms with Gasteiger partial charge in [-0.3, -0.25) is 0 Å². The van der Waals surface area contributed by atoms with Gasteiger partial charge in [0.2, 0.25) is 0 Å². The number of rotatable bonds is 3. The second-order valence-electron chi connectivity index (χ2n) is 10.1. The van der Waals surface area contributed by atoms with Gasteiger partial charge in [-0.05, 0) is 72.4 Å². The van der Waals surface area contributed by atoms with Crippen molar-refractivity contribution in [1.82, 2.24) is 0 Å². The molecule has 0 saturated carbocycles. The van der Waals surface area contributed by atoms with Gasteiger partial charge >= 0.3 is 0 Å². The highest BCUT2D eigenvalue weighted by Gasteiger charge is 2.21. The second-order valence-corrected chi connectivity index (χ2v) is 10.1. The summed E-state index contributed by atoms with van der Waals surface area (Å²) in [5.41, 5.74) is 1.11. The predicted molar refractivity (Wildman–Crippen MR) is 183 cm³/mol. The van der Waals surface area contributed by atoms with Crippen LogP contribution in [0.25, 0.3) is 87.6 Å². The maximum Gasteiger partial charge on any atom is 0.143 e. The standard InChI is InChI=1S/C42H26O/c1-2-13-27(14-3-1)29-16-6-7-18-31(29)39-32-19-8-10-21-34(32)40(35-22-11-9-20-33(35)39)36-23-12-24-38-41(36)37-26-25-28-15-4-5-17-30(28)42(37)43-38/h1-26H/i1D,2D,3D,4D,5D,6D,7D,13D,14D,15D,16D,17D,18D,25D,26D. The summed E-state index contributed by atoms with van der Waals surface area (Å²) in [6.07, 6.45) is 0. The van der Waals surface area contributed by atoms with Gasteiger partial charge in [-0.25, -0.2) is 0 Å². The molecule has 0 aliphatic rings. The lowest BCUT2D eigenvalue weighted by Crippen LogP contribution is -1.93. The Balaban J connectivity index is 1.48. The Kier molecular flexibility index (Phi) is 2.97. The molecule has 43 heavy (non-hydrogen) atoms. The highest BCUT2D eigenvalue weighted by Crippen LogP contribution is 2.48. The zero-order valence-corrected chi connectivity index (χ0v) is 22.3. The molecule has 0 aliphatic carbocycles. The smallest absolute Gasteiger partial charge is 0.143 e. The maximum absolute atomic E-state index is 9.32. The molecule has 0 unspecified atom stereocenters. The fourth-order valence-electron chi connectivity index (χ4n) is 6.10. The van der Waals surface area contributed by atoms with E-state index in [0.29, 0.717) is 43.6 Å². The van der Waals surface area contributed by atoms with Gasteiger partial charge in [-0.1, -0.05) is 145 Å². The zero-order valence-electron chi connectivity index (χ0n) is 37.3. The third-order valence-corrected chi connectivity index (χ3v) is 7.83. The molecule has 9 aromatic rings. The highest BCUT2D eigenvalue weighted by molar-refractivity contribution is 6.27. The molecule has 0 spiro atoms. The van der Waals surface area contributed by atoms with Crippen molar-refractivity contribution in [3.63, 3.8) is 0 Å². The van der Waals surface area contributed by atoms with E-state index in [2.05, 4.69) is 0 Å². The van der Waals surface area contributed by atoms with Crippen molar-refractivity contribution >= 4 is 54.3 Å². The van der Waals surface area contributed by atoms with Crippen molar-refractivity contribution in [2.24, 2.45) is 0 Å². The molecule has 0 fully saturated rings. The van der Waals surface area contributed by atoms with Crippen LogP contribution in [-0.4, -0.2) is 0 Å². The Labute approximate surface area is 270 Å². The van der Waals surface area contributed by atoms with Crippen LogP contribution < -0.4 is 0 Å². The first-order chi connectivity index (χ1) is 27.6. The van der Waals surface area contributed by atoms with Crippen LogP contribution in [0.2, 0.25) is 0 Å². The molecule has 0 aliphatic heterocycles. The molecule has 1 heterocycles. The lowest BCUT2D eigenvalue weighted by Gasteiger charge is -2.20. The lowest BCUT2D eigenvalue weighted by molar-refractivity contribution is 0.673. The number of furan rings is 1. The minimum absolute atomic E-state index is 0.0207. The van der Waals surface area contributed by atoms with Gasteiger partial charge in [-0.2, -0.15) is 0 Å². The lowest BCUT2D eigenvalue weighted by atomic mass is 9.83. The number of benzene rings is 8. The van der Waals surface area contributed by atoms with Gasteiger partial charge in [0, 0.05) is 16.2 Å². The van der Waals surface area contributed by atoms with Crippen LogP contribution in [-0.2, 0) is 0 Å². The van der Waals surface area contributed by atoms with Crippen molar-refractivity contribution in [1.29, 1.82) is 0 Å². The van der Waals surface area contributed by atoms with Gasteiger partial charge in [0.15, 0.2) is 0 Å². The molecule has 200 valence electrons. The predicted octanol–water partition coefficient (Wildman–Crippen LogP) is 12.0. The zero-order chi connectivity index (χ0) is 41.4. The van der Waals surface area contributed by atoms with E-state index in [1.165, 1.54) is 0 Å². The minimum Gasteiger partial charge on any atom is -0.455 e. The van der Waals surface area contributed by atoms with Crippen LogP contribution in [0.4, 0.5) is 0 Å². The minimum atomic E-state index is -0.659. The van der Waals surface area contributed by atoms with Gasteiger partial charge < -0.3 is 4.42 Å². The highest BCUT2D eigenvalue weighted by atomic mass is 16.3. The van der Waals surface area contributed by atoms with Gasteiger partial charge in [0.1, 0.15) is 11.2 Å². The summed E-state index contributed by atoms with van der Waals surface area (Å²) in [6, 6.07) is 11.4. The number of hydrogen-bond acceptors (Lipinski definition) is 1. The topological polar surface area (TPSA) is 13.1 Å². The Morgan fingerprint density at radius 3 is 1.74 bits per heavy atom. The van der Waals surface area contributed by atoms with Crippen LogP contribution in [0.1, 0.15) is 20.6 Å². The summed E-state index contributed by atoms with van der Waals surface area (Å²) < 4.78 is 137. The van der Waals surface area contributed by atoms with Gasteiger partial charge in [-0.15, -0.1) is 0 Å². The molecule has 0 bridgehead atoms. The molecule has 1 heteroatoms. The molecule has 0 N–H and O–H groups in total. The molecular weight excluding hydrogens is 520 g/mol. The maximum atomic E-state index is 9.32. The van der Waals surface area contributed by atoms with Crippen LogP contribution >= 0.6 is 0 Å².